The molecule has 2 amide bonds. The zero-order chi connectivity index (χ0) is 35.6. The minimum atomic E-state index is -0.723. The summed E-state index contributed by atoms with van der Waals surface area (Å²) in [6, 6.07) is -0.416. The lowest BCUT2D eigenvalue weighted by Crippen LogP contribution is -2.37. The van der Waals surface area contributed by atoms with E-state index in [-0.39, 0.29) is 12.1 Å². The number of rotatable bonds is 34. The molecule has 49 heavy (non-hydrogen) atoms. The normalized spacial score (nSPS) is 16.7. The molecule has 2 unspecified atom stereocenters. The van der Waals surface area contributed by atoms with Gasteiger partial charge in [-0.15, -0.1) is 0 Å². The van der Waals surface area contributed by atoms with Crippen LogP contribution in [0.4, 0.5) is 8.78 Å². The molecule has 0 aliphatic heterocycles. The number of halogens is 2. The average Bonchev–Trinajstić information content (AvgIpc) is 3.54. The van der Waals surface area contributed by atoms with Crippen molar-refractivity contribution in [3.63, 3.8) is 0 Å². The fourth-order valence-corrected chi connectivity index (χ4v) is 7.07. The van der Waals surface area contributed by atoms with Crippen molar-refractivity contribution in [2.75, 3.05) is 0 Å². The Morgan fingerprint density at radius 1 is 0.449 bits per heavy atom. The van der Waals surface area contributed by atoms with Crippen molar-refractivity contribution in [3.05, 3.63) is 23.8 Å². The Hall–Kier alpha value is -1.72. The summed E-state index contributed by atoms with van der Waals surface area (Å²) in [4.78, 5) is 24.6. The number of allylic oxidation sites excluding steroid dienone is 2. The fraction of sp³-hybridized carbons (Fsp3) is 0.860. The number of carbonyl (C=O) groups excluding carboxylic acids is 2. The van der Waals surface area contributed by atoms with E-state index < -0.39 is 23.5 Å². The zero-order valence-electron chi connectivity index (χ0n) is 32.2. The molecule has 6 heteroatoms. The van der Waals surface area contributed by atoms with Crippen LogP contribution < -0.4 is 10.6 Å². The smallest absolute Gasteiger partial charge is 0.279 e. The molecule has 2 N–H and O–H groups in total. The monoisotopic (exact) mass is 693 g/mol. The van der Waals surface area contributed by atoms with Crippen molar-refractivity contribution in [2.45, 2.75) is 238 Å². The van der Waals surface area contributed by atoms with E-state index in [2.05, 4.69) is 24.5 Å². The zero-order valence-corrected chi connectivity index (χ0v) is 32.2. The average molecular weight is 693 g/mol. The summed E-state index contributed by atoms with van der Waals surface area (Å²) in [5.41, 5.74) is 0. The van der Waals surface area contributed by atoms with Crippen LogP contribution in [0.15, 0.2) is 23.8 Å². The quantitative estimate of drug-likeness (QED) is 0.0521. The molecule has 0 aromatic carbocycles. The van der Waals surface area contributed by atoms with Gasteiger partial charge in [-0.1, -0.05) is 181 Å². The van der Waals surface area contributed by atoms with E-state index in [1.807, 2.05) is 0 Å². The summed E-state index contributed by atoms with van der Waals surface area (Å²) in [7, 11) is 0. The lowest BCUT2D eigenvalue weighted by molar-refractivity contribution is -0.119. The third-order valence-electron chi connectivity index (χ3n) is 10.3. The van der Waals surface area contributed by atoms with E-state index in [9.17, 15) is 18.4 Å². The molecule has 286 valence electrons. The second kappa shape index (κ2) is 33.4. The Bertz CT molecular complexity index is 791. The van der Waals surface area contributed by atoms with Crippen LogP contribution in [0.25, 0.3) is 0 Å². The van der Waals surface area contributed by atoms with Crippen molar-refractivity contribution in [1.82, 2.24) is 10.6 Å². The third-order valence-corrected chi connectivity index (χ3v) is 10.3. The summed E-state index contributed by atoms with van der Waals surface area (Å²) in [6.07, 6.45) is 41.6. The maximum Gasteiger partial charge on any atom is 0.279 e. The Morgan fingerprint density at radius 2 is 0.694 bits per heavy atom. The highest BCUT2D eigenvalue weighted by atomic mass is 19.1. The molecule has 0 heterocycles. The van der Waals surface area contributed by atoms with Crippen molar-refractivity contribution >= 4 is 11.8 Å². The number of hydrogen-bond donors (Lipinski definition) is 2. The van der Waals surface area contributed by atoms with E-state index >= 15 is 0 Å². The van der Waals surface area contributed by atoms with Crippen LogP contribution in [0.1, 0.15) is 226 Å². The van der Waals surface area contributed by atoms with Crippen LogP contribution in [0.2, 0.25) is 0 Å². The first-order valence-corrected chi connectivity index (χ1v) is 21.3. The van der Waals surface area contributed by atoms with Crippen LogP contribution in [0.3, 0.4) is 0 Å². The molecule has 0 bridgehead atoms. The topological polar surface area (TPSA) is 58.2 Å². The van der Waals surface area contributed by atoms with E-state index in [1.54, 1.807) is 0 Å². The third kappa shape index (κ3) is 27.7. The first-order valence-electron chi connectivity index (χ1n) is 21.3. The minimum absolute atomic E-state index is 0.208. The molecule has 2 atom stereocenters. The summed E-state index contributed by atoms with van der Waals surface area (Å²) in [6.45, 7) is 4.52. The van der Waals surface area contributed by atoms with Gasteiger partial charge in [0.25, 0.3) is 11.8 Å². The van der Waals surface area contributed by atoms with Gasteiger partial charge in [0, 0.05) is 12.1 Å². The van der Waals surface area contributed by atoms with Crippen LogP contribution in [0, 0.1) is 0 Å². The Balaban J connectivity index is 2.02. The van der Waals surface area contributed by atoms with Crippen molar-refractivity contribution in [1.29, 1.82) is 0 Å². The van der Waals surface area contributed by atoms with E-state index in [0.717, 1.165) is 25.7 Å². The van der Waals surface area contributed by atoms with E-state index in [1.165, 1.54) is 166 Å². The predicted molar refractivity (Wildman–Crippen MR) is 206 cm³/mol. The molecule has 1 rings (SSSR count). The van der Waals surface area contributed by atoms with Crippen LogP contribution in [0.5, 0.6) is 0 Å². The highest BCUT2D eigenvalue weighted by Crippen LogP contribution is 2.21. The van der Waals surface area contributed by atoms with Gasteiger partial charge >= 0.3 is 0 Å². The number of carbonyl (C=O) groups is 2. The van der Waals surface area contributed by atoms with Gasteiger partial charge in [-0.3, -0.25) is 9.59 Å². The highest BCUT2D eigenvalue weighted by Gasteiger charge is 2.28. The summed E-state index contributed by atoms with van der Waals surface area (Å²) < 4.78 is 28.8. The predicted octanol–water partition coefficient (Wildman–Crippen LogP) is 13.6. The van der Waals surface area contributed by atoms with Crippen molar-refractivity contribution in [3.8, 4) is 0 Å². The van der Waals surface area contributed by atoms with Gasteiger partial charge in [0.1, 0.15) is 0 Å². The van der Waals surface area contributed by atoms with Gasteiger partial charge in [0.2, 0.25) is 0 Å². The first kappa shape index (κ1) is 45.3. The lowest BCUT2D eigenvalue weighted by Gasteiger charge is -2.14. The van der Waals surface area contributed by atoms with Gasteiger partial charge in [-0.25, -0.2) is 8.78 Å². The molecule has 4 nitrogen and oxygen atoms in total. The number of amides is 2. The minimum Gasteiger partial charge on any atom is -0.347 e. The van der Waals surface area contributed by atoms with E-state index in [0.29, 0.717) is 32.1 Å². The molecule has 1 aliphatic carbocycles. The van der Waals surface area contributed by atoms with Gasteiger partial charge in [0.05, 0.1) is 0 Å². The van der Waals surface area contributed by atoms with Crippen LogP contribution in [-0.2, 0) is 9.59 Å². The largest absolute Gasteiger partial charge is 0.347 e. The number of unbranched alkanes of at least 4 members (excludes halogenated alkanes) is 28. The van der Waals surface area contributed by atoms with Gasteiger partial charge in [-0.05, 0) is 57.1 Å². The molecule has 1 aliphatic rings. The standard InChI is InChI=1S/C43H78F2N2O2/c1-3-5-7-9-11-13-15-17-19-21-23-25-27-29-31-33-40(44)42(48)46-38-35-36-39(37-38)47-43(49)41(45)34-32-30-28-26-24-22-20-18-16-14-12-10-8-6-4-2/h33-34,38-39H,3-32,35-37H2,1-2H3,(H,46,48)(H,47,49). The Labute approximate surface area is 301 Å². The van der Waals surface area contributed by atoms with Gasteiger partial charge in [-0.2, -0.15) is 0 Å². The van der Waals surface area contributed by atoms with Gasteiger partial charge in [0.15, 0.2) is 11.7 Å². The molecular weight excluding hydrogens is 614 g/mol. The molecule has 0 aromatic heterocycles. The van der Waals surface area contributed by atoms with Crippen LogP contribution in [-0.4, -0.2) is 23.9 Å². The molecule has 0 spiro atoms. The lowest BCUT2D eigenvalue weighted by atomic mass is 10.0. The SMILES string of the molecule is CCCCCCCCCCCCCCCCC=C(F)C(=O)NC1CCC(NC(=O)C(F)=CCCCCCCCCCCCCCCCC)C1. The second-order valence-corrected chi connectivity index (χ2v) is 15.0. The summed E-state index contributed by atoms with van der Waals surface area (Å²) in [5.74, 6) is -2.80. The maximum atomic E-state index is 14.4. The van der Waals surface area contributed by atoms with Crippen molar-refractivity contribution in [2.24, 2.45) is 0 Å². The number of hydrogen-bond acceptors (Lipinski definition) is 2. The molecule has 0 aromatic rings. The van der Waals surface area contributed by atoms with Crippen LogP contribution >= 0.6 is 0 Å². The second-order valence-electron chi connectivity index (χ2n) is 15.0. The fourth-order valence-electron chi connectivity index (χ4n) is 7.07. The molecule has 0 radical (unpaired) electrons. The Kier molecular flexibility index (Phi) is 30.9. The molecular formula is C43H78F2N2O2. The maximum absolute atomic E-state index is 14.4. The van der Waals surface area contributed by atoms with Crippen molar-refractivity contribution < 1.29 is 18.4 Å². The molecule has 0 saturated heterocycles. The first-order chi connectivity index (χ1) is 24.0. The van der Waals surface area contributed by atoms with E-state index in [4.69, 9.17) is 0 Å². The van der Waals surface area contributed by atoms with Gasteiger partial charge < -0.3 is 10.6 Å². The number of nitrogens with one attached hydrogen (secondary N) is 2. The molecule has 1 saturated carbocycles. The Morgan fingerprint density at radius 3 is 0.959 bits per heavy atom. The summed E-state index contributed by atoms with van der Waals surface area (Å²) in [5, 5.41) is 5.51. The molecule has 1 fully saturated rings. The summed E-state index contributed by atoms with van der Waals surface area (Å²) >= 11 is 0. The highest BCUT2D eigenvalue weighted by molar-refractivity contribution is 5.92.